The number of nitrogens with zero attached hydrogens (tertiary/aromatic N) is 1. The summed E-state index contributed by atoms with van der Waals surface area (Å²) < 4.78 is 0. The van der Waals surface area contributed by atoms with Gasteiger partial charge in [-0.2, -0.15) is 0 Å². The molecule has 70 valence electrons. The molecule has 2 heteroatoms. The molecule has 1 aromatic heterocycles. The molecule has 1 heterocycles. The number of aryl methyl sites for hydroxylation is 1. The third-order valence-corrected chi connectivity index (χ3v) is 2.30. The summed E-state index contributed by atoms with van der Waals surface area (Å²) in [5, 5.41) is 0.759. The molecule has 14 heavy (non-hydrogen) atoms. The summed E-state index contributed by atoms with van der Waals surface area (Å²) in [6, 6.07) is 9.88. The normalized spacial score (nSPS) is 10.1. The first-order chi connectivity index (χ1) is 6.75. The van der Waals surface area contributed by atoms with Gasteiger partial charge in [-0.25, -0.2) is 0 Å². The molecule has 1 aromatic carbocycles. The van der Waals surface area contributed by atoms with Crippen LogP contribution >= 0.6 is 11.6 Å². The first kappa shape index (κ1) is 9.22. The molecule has 2 rings (SSSR count). The van der Waals surface area contributed by atoms with E-state index in [4.69, 9.17) is 11.6 Å². The summed E-state index contributed by atoms with van der Waals surface area (Å²) in [6.07, 6.45) is 3.70. The largest absolute Gasteiger partial charge is 0.264 e. The number of rotatable bonds is 1. The van der Waals surface area contributed by atoms with Gasteiger partial charge in [0.15, 0.2) is 0 Å². The highest BCUT2D eigenvalue weighted by Crippen LogP contribution is 2.21. The molecule has 0 atom stereocenters. The van der Waals surface area contributed by atoms with Gasteiger partial charge in [-0.05, 0) is 36.2 Å². The highest BCUT2D eigenvalue weighted by atomic mass is 35.5. The average Bonchev–Trinajstić information content (AvgIpc) is 2.19. The van der Waals surface area contributed by atoms with E-state index in [2.05, 4.69) is 11.1 Å². The molecule has 0 aliphatic carbocycles. The minimum Gasteiger partial charge on any atom is -0.264 e. The Morgan fingerprint density at radius 2 is 1.71 bits per heavy atom. The van der Waals surface area contributed by atoms with Crippen molar-refractivity contribution in [3.63, 3.8) is 0 Å². The van der Waals surface area contributed by atoms with Crippen LogP contribution in [-0.2, 0) is 0 Å². The number of hydrogen-bond donors (Lipinski definition) is 0. The van der Waals surface area contributed by atoms with Crippen molar-refractivity contribution in [1.82, 2.24) is 4.98 Å². The SMILES string of the molecule is Cc1cncc(-c2ccc(Cl)cc2)c1. The minimum atomic E-state index is 0.759. The lowest BCUT2D eigenvalue weighted by atomic mass is 10.1. The predicted molar refractivity (Wildman–Crippen MR) is 59.4 cm³/mol. The van der Waals surface area contributed by atoms with Crippen LogP contribution < -0.4 is 0 Å². The van der Waals surface area contributed by atoms with Crippen LogP contribution in [0.3, 0.4) is 0 Å². The van der Waals surface area contributed by atoms with Gasteiger partial charge in [0, 0.05) is 23.0 Å². The molecule has 0 aliphatic rings. The van der Waals surface area contributed by atoms with Crippen molar-refractivity contribution in [3.05, 3.63) is 53.3 Å². The quantitative estimate of drug-likeness (QED) is 0.689. The maximum Gasteiger partial charge on any atom is 0.0406 e. The van der Waals surface area contributed by atoms with Crippen molar-refractivity contribution in [1.29, 1.82) is 0 Å². The molecular weight excluding hydrogens is 194 g/mol. The number of halogens is 1. The van der Waals surface area contributed by atoms with Gasteiger partial charge in [-0.1, -0.05) is 23.7 Å². The zero-order valence-corrected chi connectivity index (χ0v) is 8.62. The Balaban J connectivity index is 2.44. The Morgan fingerprint density at radius 3 is 2.36 bits per heavy atom. The first-order valence-corrected chi connectivity index (χ1v) is 4.81. The molecular formula is C12H10ClN. The van der Waals surface area contributed by atoms with E-state index in [-0.39, 0.29) is 0 Å². The predicted octanol–water partition coefficient (Wildman–Crippen LogP) is 3.71. The maximum atomic E-state index is 5.81. The summed E-state index contributed by atoms with van der Waals surface area (Å²) in [5.74, 6) is 0. The van der Waals surface area contributed by atoms with Crippen molar-refractivity contribution >= 4 is 11.6 Å². The molecule has 0 aliphatic heterocycles. The summed E-state index contributed by atoms with van der Waals surface area (Å²) in [6.45, 7) is 2.03. The van der Waals surface area contributed by atoms with Crippen LogP contribution in [0.5, 0.6) is 0 Å². The molecule has 0 N–H and O–H groups in total. The Bertz CT molecular complexity index is 434. The van der Waals surface area contributed by atoms with Crippen molar-refractivity contribution in [2.75, 3.05) is 0 Å². The van der Waals surface area contributed by atoms with E-state index < -0.39 is 0 Å². The lowest BCUT2D eigenvalue weighted by molar-refractivity contribution is 1.27. The van der Waals surface area contributed by atoms with Gasteiger partial charge < -0.3 is 0 Å². The summed E-state index contributed by atoms with van der Waals surface area (Å²) in [5.41, 5.74) is 3.43. The Hall–Kier alpha value is -1.34. The van der Waals surface area contributed by atoms with Crippen molar-refractivity contribution < 1.29 is 0 Å². The number of aromatic nitrogens is 1. The van der Waals surface area contributed by atoms with Gasteiger partial charge in [0.2, 0.25) is 0 Å². The Labute approximate surface area is 88.4 Å². The average molecular weight is 204 g/mol. The van der Waals surface area contributed by atoms with Crippen LogP contribution in [0.2, 0.25) is 5.02 Å². The molecule has 0 saturated carbocycles. The second kappa shape index (κ2) is 3.81. The fourth-order valence-electron chi connectivity index (χ4n) is 1.36. The van der Waals surface area contributed by atoms with Gasteiger partial charge in [-0.15, -0.1) is 0 Å². The van der Waals surface area contributed by atoms with E-state index in [1.165, 1.54) is 0 Å². The molecule has 0 spiro atoms. The zero-order chi connectivity index (χ0) is 9.97. The van der Waals surface area contributed by atoms with Crippen LogP contribution in [0.4, 0.5) is 0 Å². The van der Waals surface area contributed by atoms with Crippen LogP contribution in [0.15, 0.2) is 42.7 Å². The monoisotopic (exact) mass is 203 g/mol. The van der Waals surface area contributed by atoms with E-state index >= 15 is 0 Å². The smallest absolute Gasteiger partial charge is 0.0406 e. The molecule has 1 nitrogen and oxygen atoms in total. The van der Waals surface area contributed by atoms with E-state index in [0.29, 0.717) is 0 Å². The van der Waals surface area contributed by atoms with Gasteiger partial charge in [0.1, 0.15) is 0 Å². The summed E-state index contributed by atoms with van der Waals surface area (Å²) >= 11 is 5.81. The zero-order valence-electron chi connectivity index (χ0n) is 7.87. The highest BCUT2D eigenvalue weighted by Gasteiger charge is 1.97. The van der Waals surface area contributed by atoms with Crippen LogP contribution in [0.1, 0.15) is 5.56 Å². The fraction of sp³-hybridized carbons (Fsp3) is 0.0833. The summed E-state index contributed by atoms with van der Waals surface area (Å²) in [7, 11) is 0. The van der Waals surface area contributed by atoms with Gasteiger partial charge >= 0.3 is 0 Å². The lowest BCUT2D eigenvalue weighted by Crippen LogP contribution is -1.81. The second-order valence-corrected chi connectivity index (χ2v) is 3.69. The van der Waals surface area contributed by atoms with E-state index in [9.17, 15) is 0 Å². The topological polar surface area (TPSA) is 12.9 Å². The van der Waals surface area contributed by atoms with E-state index in [0.717, 1.165) is 21.7 Å². The third-order valence-electron chi connectivity index (χ3n) is 2.05. The number of hydrogen-bond acceptors (Lipinski definition) is 1. The molecule has 0 amide bonds. The van der Waals surface area contributed by atoms with Gasteiger partial charge in [0.25, 0.3) is 0 Å². The Morgan fingerprint density at radius 1 is 1.00 bits per heavy atom. The minimum absolute atomic E-state index is 0.759. The fourth-order valence-corrected chi connectivity index (χ4v) is 1.48. The molecule has 0 radical (unpaired) electrons. The summed E-state index contributed by atoms with van der Waals surface area (Å²) in [4.78, 5) is 4.15. The molecule has 0 bridgehead atoms. The first-order valence-electron chi connectivity index (χ1n) is 4.43. The molecule has 0 saturated heterocycles. The lowest BCUT2D eigenvalue weighted by Gasteiger charge is -2.01. The van der Waals surface area contributed by atoms with E-state index in [1.807, 2.05) is 43.6 Å². The van der Waals surface area contributed by atoms with Crippen LogP contribution in [0, 0.1) is 6.92 Å². The second-order valence-electron chi connectivity index (χ2n) is 3.26. The van der Waals surface area contributed by atoms with Gasteiger partial charge in [-0.3, -0.25) is 4.98 Å². The van der Waals surface area contributed by atoms with E-state index in [1.54, 1.807) is 0 Å². The van der Waals surface area contributed by atoms with Crippen LogP contribution in [0.25, 0.3) is 11.1 Å². The molecule has 0 unspecified atom stereocenters. The standard InChI is InChI=1S/C12H10ClN/c1-9-6-11(8-14-7-9)10-2-4-12(13)5-3-10/h2-8H,1H3. The third kappa shape index (κ3) is 1.94. The van der Waals surface area contributed by atoms with Crippen molar-refractivity contribution in [2.24, 2.45) is 0 Å². The van der Waals surface area contributed by atoms with Gasteiger partial charge in [0.05, 0.1) is 0 Å². The van der Waals surface area contributed by atoms with Crippen molar-refractivity contribution in [2.45, 2.75) is 6.92 Å². The molecule has 0 fully saturated rings. The van der Waals surface area contributed by atoms with Crippen molar-refractivity contribution in [3.8, 4) is 11.1 Å². The number of pyridine rings is 1. The maximum absolute atomic E-state index is 5.81. The number of benzene rings is 1. The highest BCUT2D eigenvalue weighted by molar-refractivity contribution is 6.30. The van der Waals surface area contributed by atoms with Crippen LogP contribution in [-0.4, -0.2) is 4.98 Å². The Kier molecular flexibility index (Phi) is 2.51. The molecule has 2 aromatic rings.